The molecule has 0 saturated heterocycles. The molecule has 0 radical (unpaired) electrons. The number of nitrogens with one attached hydrogen (secondary N) is 1. The van der Waals surface area contributed by atoms with E-state index in [1.54, 1.807) is 39.1 Å². The minimum atomic E-state index is -1.05. The van der Waals surface area contributed by atoms with Gasteiger partial charge in [0, 0.05) is 30.0 Å². The van der Waals surface area contributed by atoms with Gasteiger partial charge in [0.25, 0.3) is 5.56 Å². The van der Waals surface area contributed by atoms with Crippen LogP contribution in [0.5, 0.6) is 11.8 Å². The van der Waals surface area contributed by atoms with Crippen molar-refractivity contribution >= 4 is 16.7 Å². The van der Waals surface area contributed by atoms with Crippen LogP contribution in [-0.2, 0) is 24.3 Å². The van der Waals surface area contributed by atoms with E-state index in [0.29, 0.717) is 34.0 Å². The molecule has 2 aromatic carbocycles. The summed E-state index contributed by atoms with van der Waals surface area (Å²) in [6, 6.07) is 16.6. The van der Waals surface area contributed by atoms with Crippen LogP contribution in [0.1, 0.15) is 29.3 Å². The highest BCUT2D eigenvalue weighted by Crippen LogP contribution is 2.38. The third kappa shape index (κ3) is 4.90. The summed E-state index contributed by atoms with van der Waals surface area (Å²) < 4.78 is 16.5. The second-order valence-electron chi connectivity index (χ2n) is 10.3. The maximum absolute atomic E-state index is 15.1. The number of aromatic amines is 1. The number of hydrogen-bond acceptors (Lipinski definition) is 5. The molecule has 2 aromatic heterocycles. The van der Waals surface area contributed by atoms with Gasteiger partial charge < -0.3 is 15.1 Å². The Bertz CT molecular complexity index is 1700. The third-order valence-corrected chi connectivity index (χ3v) is 7.78. The molecular formula is C31H31FN4O4. The topological polar surface area (TPSA) is 111 Å². The predicted molar refractivity (Wildman–Crippen MR) is 151 cm³/mol. The first-order chi connectivity index (χ1) is 19.2. The van der Waals surface area contributed by atoms with Crippen molar-refractivity contribution in [2.75, 3.05) is 7.05 Å². The van der Waals surface area contributed by atoms with E-state index in [1.807, 2.05) is 42.5 Å². The molecular weight excluding hydrogens is 511 g/mol. The number of fused-ring (bicyclic) bond motifs is 1. The van der Waals surface area contributed by atoms with Crippen LogP contribution in [0.4, 0.5) is 4.39 Å². The largest absolute Gasteiger partial charge is 0.494 e. The van der Waals surface area contributed by atoms with Crippen molar-refractivity contribution in [1.82, 2.24) is 19.7 Å². The lowest BCUT2D eigenvalue weighted by Crippen LogP contribution is -2.37. The van der Waals surface area contributed by atoms with Crippen LogP contribution in [0.25, 0.3) is 10.8 Å². The fraction of sp³-hybridized carbons (Fsp3) is 0.258. The lowest BCUT2D eigenvalue weighted by molar-refractivity contribution is -0.135. The number of aromatic hydroxyl groups is 2. The van der Waals surface area contributed by atoms with E-state index in [9.17, 15) is 19.8 Å². The molecule has 2 heterocycles. The molecule has 40 heavy (non-hydrogen) atoms. The van der Waals surface area contributed by atoms with E-state index in [-0.39, 0.29) is 30.4 Å². The van der Waals surface area contributed by atoms with Gasteiger partial charge in [-0.05, 0) is 30.5 Å². The van der Waals surface area contributed by atoms with Crippen LogP contribution in [0.2, 0.25) is 0 Å². The average molecular weight is 543 g/mol. The zero-order chi connectivity index (χ0) is 28.6. The molecule has 8 nitrogen and oxygen atoms in total. The van der Waals surface area contributed by atoms with Gasteiger partial charge in [0.15, 0.2) is 11.8 Å². The number of hydrogen-bond donors (Lipinski definition) is 3. The van der Waals surface area contributed by atoms with Crippen LogP contribution in [-0.4, -0.2) is 42.8 Å². The highest BCUT2D eigenvalue weighted by atomic mass is 19.1. The number of aromatic nitrogens is 3. The summed E-state index contributed by atoms with van der Waals surface area (Å²) in [5.41, 5.74) is 2.91. The first-order valence-corrected chi connectivity index (χ1v) is 13.1. The number of carbonyl (C=O) groups excluding carboxylic acids is 1. The normalized spacial score (nSPS) is 17.0. The minimum absolute atomic E-state index is 0.00644. The Kier molecular flexibility index (Phi) is 7.30. The zero-order valence-corrected chi connectivity index (χ0v) is 22.6. The SMILES string of the molecule is Cc1c(CN(C)C(=O)C2C(F)=CC=C(Cc3n[nH]c(=O)c4ccccc34)C2C)c(O)n(Cc2ccccc2)c1O. The summed E-state index contributed by atoms with van der Waals surface area (Å²) in [5.74, 6) is -2.74. The number of nitrogens with zero attached hydrogens (tertiary/aromatic N) is 3. The second-order valence-corrected chi connectivity index (χ2v) is 10.3. The molecule has 3 N–H and O–H groups in total. The molecule has 9 heteroatoms. The molecule has 4 aromatic rings. The second kappa shape index (κ2) is 10.8. The Labute approximate surface area is 230 Å². The van der Waals surface area contributed by atoms with E-state index in [0.717, 1.165) is 11.1 Å². The van der Waals surface area contributed by atoms with Crippen molar-refractivity contribution in [3.8, 4) is 11.8 Å². The third-order valence-electron chi connectivity index (χ3n) is 7.78. The van der Waals surface area contributed by atoms with Crippen molar-refractivity contribution in [2.45, 2.75) is 33.4 Å². The van der Waals surface area contributed by atoms with Gasteiger partial charge in [-0.1, -0.05) is 67.1 Å². The predicted octanol–water partition coefficient (Wildman–Crippen LogP) is 4.74. The van der Waals surface area contributed by atoms with Gasteiger partial charge in [-0.3, -0.25) is 14.2 Å². The molecule has 206 valence electrons. The molecule has 0 spiro atoms. The van der Waals surface area contributed by atoms with Crippen molar-refractivity contribution in [1.29, 1.82) is 0 Å². The number of carbonyl (C=O) groups is 1. The first-order valence-electron chi connectivity index (χ1n) is 13.1. The first kappa shape index (κ1) is 26.9. The van der Waals surface area contributed by atoms with Crippen LogP contribution < -0.4 is 5.56 Å². The Morgan fingerprint density at radius 2 is 1.73 bits per heavy atom. The Morgan fingerprint density at radius 3 is 2.45 bits per heavy atom. The molecule has 0 fully saturated rings. The van der Waals surface area contributed by atoms with Crippen molar-refractivity contribution in [2.24, 2.45) is 11.8 Å². The number of allylic oxidation sites excluding steroid dienone is 3. The molecule has 2 atom stereocenters. The van der Waals surface area contributed by atoms with Crippen molar-refractivity contribution in [3.63, 3.8) is 0 Å². The molecule has 0 saturated carbocycles. The summed E-state index contributed by atoms with van der Waals surface area (Å²) in [5, 5.41) is 29.6. The number of H-pyrrole nitrogens is 1. The van der Waals surface area contributed by atoms with Crippen LogP contribution in [0.3, 0.4) is 0 Å². The fourth-order valence-corrected chi connectivity index (χ4v) is 5.37. The van der Waals surface area contributed by atoms with Gasteiger partial charge in [-0.2, -0.15) is 5.10 Å². The standard InChI is InChI=1S/C31H31FN4O4/c1-18-21(15-26-22-11-7-8-12-23(22)28(37)34-33-26)13-14-25(32)27(18)31(40)35(3)17-24-19(2)29(38)36(30(24)39)16-20-9-5-4-6-10-20/h4-14,18,27,38-39H,15-17H2,1-3H3,(H,34,37). The number of amides is 1. The van der Waals surface area contributed by atoms with Gasteiger partial charge in [-0.25, -0.2) is 9.49 Å². The van der Waals surface area contributed by atoms with Gasteiger partial charge >= 0.3 is 0 Å². The molecule has 0 aliphatic heterocycles. The molecule has 1 aliphatic carbocycles. The van der Waals surface area contributed by atoms with Crippen LogP contribution in [0.15, 0.2) is 82.9 Å². The molecule has 0 bridgehead atoms. The number of halogens is 1. The summed E-state index contributed by atoms with van der Waals surface area (Å²) >= 11 is 0. The average Bonchev–Trinajstić information content (AvgIpc) is 3.15. The lowest BCUT2D eigenvalue weighted by Gasteiger charge is -2.30. The fourth-order valence-electron chi connectivity index (χ4n) is 5.37. The van der Waals surface area contributed by atoms with Crippen molar-refractivity contribution in [3.05, 3.63) is 111 Å². The maximum atomic E-state index is 15.1. The Balaban J connectivity index is 1.36. The summed E-state index contributed by atoms with van der Waals surface area (Å²) in [6.07, 6.45) is 3.32. The smallest absolute Gasteiger partial charge is 0.272 e. The monoisotopic (exact) mass is 542 g/mol. The van der Waals surface area contributed by atoms with Gasteiger partial charge in [-0.15, -0.1) is 0 Å². The van der Waals surface area contributed by atoms with Crippen LogP contribution >= 0.6 is 0 Å². The molecule has 5 rings (SSSR count). The van der Waals surface area contributed by atoms with Crippen molar-refractivity contribution < 1.29 is 19.4 Å². The van der Waals surface area contributed by atoms with Gasteiger partial charge in [0.2, 0.25) is 5.91 Å². The quantitative estimate of drug-likeness (QED) is 0.312. The number of benzene rings is 2. The van der Waals surface area contributed by atoms with E-state index < -0.39 is 23.6 Å². The van der Waals surface area contributed by atoms with E-state index in [2.05, 4.69) is 10.2 Å². The Morgan fingerprint density at radius 1 is 1.05 bits per heavy atom. The summed E-state index contributed by atoms with van der Waals surface area (Å²) in [4.78, 5) is 27.1. The zero-order valence-electron chi connectivity index (χ0n) is 22.6. The lowest BCUT2D eigenvalue weighted by atomic mass is 9.79. The van der Waals surface area contributed by atoms with Crippen LogP contribution in [0, 0.1) is 18.8 Å². The Hall–Kier alpha value is -4.66. The molecule has 1 aliphatic rings. The number of rotatable bonds is 7. The van der Waals surface area contributed by atoms with E-state index in [1.165, 1.54) is 15.5 Å². The minimum Gasteiger partial charge on any atom is -0.494 e. The van der Waals surface area contributed by atoms with Gasteiger partial charge in [0.1, 0.15) is 5.83 Å². The van der Waals surface area contributed by atoms with E-state index in [4.69, 9.17) is 0 Å². The molecule has 1 amide bonds. The highest BCUT2D eigenvalue weighted by Gasteiger charge is 2.36. The summed E-state index contributed by atoms with van der Waals surface area (Å²) in [6.45, 7) is 3.73. The maximum Gasteiger partial charge on any atom is 0.272 e. The highest BCUT2D eigenvalue weighted by molar-refractivity contribution is 5.84. The molecule has 2 unspecified atom stereocenters. The summed E-state index contributed by atoms with van der Waals surface area (Å²) in [7, 11) is 1.56. The van der Waals surface area contributed by atoms with Gasteiger partial charge in [0.05, 0.1) is 30.1 Å². The van der Waals surface area contributed by atoms with E-state index >= 15 is 4.39 Å².